The summed E-state index contributed by atoms with van der Waals surface area (Å²) < 4.78 is 17.9. The third-order valence-corrected chi connectivity index (χ3v) is 12.4. The Balaban J connectivity index is 1.82. The molecule has 0 aliphatic carbocycles. The third-order valence-electron chi connectivity index (χ3n) is 12.4. The topological polar surface area (TPSA) is 156 Å². The van der Waals surface area contributed by atoms with Crippen LogP contribution in [0.15, 0.2) is 60.7 Å². The first-order chi connectivity index (χ1) is 28.5. The molecule has 60 heavy (non-hydrogen) atoms. The second kappa shape index (κ2) is 24.3. The first-order valence-corrected chi connectivity index (χ1v) is 21.7. The van der Waals surface area contributed by atoms with Crippen molar-refractivity contribution in [3.05, 3.63) is 71.8 Å². The van der Waals surface area contributed by atoms with Crippen molar-refractivity contribution < 1.29 is 38.2 Å². The van der Waals surface area contributed by atoms with Crippen LogP contribution in [0, 0.1) is 23.7 Å². The van der Waals surface area contributed by atoms with Crippen molar-refractivity contribution in [2.45, 2.75) is 136 Å². The van der Waals surface area contributed by atoms with Gasteiger partial charge in [-0.1, -0.05) is 122 Å². The molecule has 2 aromatic carbocycles. The van der Waals surface area contributed by atoms with Gasteiger partial charge in [-0.25, -0.2) is 4.79 Å². The molecule has 334 valence electrons. The van der Waals surface area contributed by atoms with Crippen LogP contribution in [-0.2, 0) is 44.8 Å². The lowest BCUT2D eigenvalue weighted by Crippen LogP contribution is -2.60. The SMILES string of the molecule is CC[C@H](C)[C@@H]([C@@H](CC(=O)N1CCC[C@H]1[C@H](OC)[C@@H](C)C(=O)N[C@H](C(=O)OCc1ccccc1)[C@@H](C)c1ccccc1)OC)N(C)[C@H](C(=O)NC(=O)[C@@H](NC)C(C)C)C(C)C. The Hall–Kier alpha value is -4.17. The number of methoxy groups -OCH3 is 2. The lowest BCUT2D eigenvalue weighted by atomic mass is 9.87. The number of carbonyl (C=O) groups excluding carboxylic acids is 5. The summed E-state index contributed by atoms with van der Waals surface area (Å²) in [5, 5.41) is 8.65. The first kappa shape index (κ1) is 50.2. The van der Waals surface area contributed by atoms with E-state index < -0.39 is 60.1 Å². The van der Waals surface area contributed by atoms with Gasteiger partial charge in [0.05, 0.1) is 42.7 Å². The molecule has 0 bridgehead atoms. The number of imide groups is 1. The number of hydrogen-bond acceptors (Lipinski definition) is 10. The maximum atomic E-state index is 14.4. The van der Waals surface area contributed by atoms with E-state index in [-0.39, 0.29) is 54.5 Å². The highest BCUT2D eigenvalue weighted by Crippen LogP contribution is 2.31. The Morgan fingerprint density at radius 3 is 1.97 bits per heavy atom. The summed E-state index contributed by atoms with van der Waals surface area (Å²) in [6.07, 6.45) is 0.894. The Labute approximate surface area is 359 Å². The summed E-state index contributed by atoms with van der Waals surface area (Å²) in [5.74, 6) is -3.14. The number of hydrogen-bond donors (Lipinski definition) is 3. The zero-order valence-corrected chi connectivity index (χ0v) is 38.1. The zero-order chi connectivity index (χ0) is 44.7. The van der Waals surface area contributed by atoms with Crippen molar-refractivity contribution in [2.24, 2.45) is 23.7 Å². The minimum Gasteiger partial charge on any atom is -0.459 e. The quantitative estimate of drug-likeness (QED) is 0.125. The van der Waals surface area contributed by atoms with E-state index in [9.17, 15) is 24.0 Å². The van der Waals surface area contributed by atoms with Crippen LogP contribution in [0.5, 0.6) is 0 Å². The van der Waals surface area contributed by atoms with Crippen LogP contribution in [0.1, 0.15) is 98.1 Å². The fourth-order valence-electron chi connectivity index (χ4n) is 8.82. The largest absolute Gasteiger partial charge is 0.459 e. The highest BCUT2D eigenvalue weighted by molar-refractivity contribution is 6.00. The highest BCUT2D eigenvalue weighted by Gasteiger charge is 2.44. The van der Waals surface area contributed by atoms with Crippen LogP contribution >= 0.6 is 0 Å². The number of rotatable bonds is 23. The summed E-state index contributed by atoms with van der Waals surface area (Å²) in [6, 6.07) is 16.0. The number of likely N-dealkylation sites (tertiary alicyclic amines) is 1. The van der Waals surface area contributed by atoms with Gasteiger partial charge in [-0.05, 0) is 55.8 Å². The number of benzene rings is 2. The molecule has 1 saturated heterocycles. The fraction of sp³-hybridized carbons (Fsp3) is 0.638. The maximum Gasteiger partial charge on any atom is 0.329 e. The molecule has 10 atom stereocenters. The summed E-state index contributed by atoms with van der Waals surface area (Å²) in [7, 11) is 6.69. The predicted octanol–water partition coefficient (Wildman–Crippen LogP) is 5.32. The molecule has 3 N–H and O–H groups in total. The second-order valence-corrected chi connectivity index (χ2v) is 17.1. The lowest BCUT2D eigenvalue weighted by molar-refractivity contribution is -0.151. The van der Waals surface area contributed by atoms with Crippen LogP contribution in [-0.4, -0.2) is 117 Å². The number of carbonyl (C=O) groups is 5. The Bertz CT molecular complexity index is 1660. The van der Waals surface area contributed by atoms with Gasteiger partial charge in [0.25, 0.3) is 0 Å². The standard InChI is InChI=1S/C47H73N5O8/c1-13-31(6)42(51(10)41(30(4)5)46(56)50-45(55)39(48-9)29(2)3)37(58-11)27-38(53)52-26-20-25-36(52)43(59-12)33(8)44(54)49-40(32(7)35-23-18-15-19-24-35)47(57)60-28-34-21-16-14-17-22-34/h14-19,21-24,29-33,36-37,39-43,48H,13,20,25-28H2,1-12H3,(H,49,54)(H,50,55,56)/t31-,32-,33+,36-,37+,39-,40-,41-,42-,43+/m0/s1. The van der Waals surface area contributed by atoms with E-state index in [0.717, 1.165) is 24.0 Å². The average molecular weight is 836 g/mol. The molecule has 13 nitrogen and oxygen atoms in total. The van der Waals surface area contributed by atoms with Gasteiger partial charge in [-0.3, -0.25) is 29.4 Å². The van der Waals surface area contributed by atoms with E-state index in [4.69, 9.17) is 14.2 Å². The van der Waals surface area contributed by atoms with E-state index >= 15 is 0 Å². The molecule has 1 fully saturated rings. The number of likely N-dealkylation sites (N-methyl/N-ethyl adjacent to an activating group) is 2. The van der Waals surface area contributed by atoms with Crippen molar-refractivity contribution in [3.63, 3.8) is 0 Å². The molecular weight excluding hydrogens is 763 g/mol. The molecule has 0 aromatic heterocycles. The van der Waals surface area contributed by atoms with Crippen molar-refractivity contribution in [3.8, 4) is 0 Å². The maximum absolute atomic E-state index is 14.4. The van der Waals surface area contributed by atoms with Crippen molar-refractivity contribution in [2.75, 3.05) is 34.9 Å². The van der Waals surface area contributed by atoms with E-state index in [1.807, 2.05) is 107 Å². The van der Waals surface area contributed by atoms with Gasteiger partial charge in [0.2, 0.25) is 23.6 Å². The average Bonchev–Trinajstić information content (AvgIpc) is 3.71. The van der Waals surface area contributed by atoms with Crippen LogP contribution < -0.4 is 16.0 Å². The normalized spacial score (nSPS) is 18.9. The zero-order valence-electron chi connectivity index (χ0n) is 38.1. The van der Waals surface area contributed by atoms with Crippen molar-refractivity contribution >= 4 is 29.6 Å². The molecule has 2 aromatic rings. The number of esters is 1. The third kappa shape index (κ3) is 13.2. The van der Waals surface area contributed by atoms with Gasteiger partial charge >= 0.3 is 5.97 Å². The molecule has 0 unspecified atom stereocenters. The van der Waals surface area contributed by atoms with E-state index in [0.29, 0.717) is 13.0 Å². The molecule has 0 spiro atoms. The van der Waals surface area contributed by atoms with Gasteiger partial charge in [-0.15, -0.1) is 0 Å². The molecule has 3 rings (SSSR count). The van der Waals surface area contributed by atoms with Crippen LogP contribution in [0.25, 0.3) is 0 Å². The molecule has 4 amide bonds. The number of nitrogens with one attached hydrogen (secondary N) is 3. The summed E-state index contributed by atoms with van der Waals surface area (Å²) >= 11 is 0. The van der Waals surface area contributed by atoms with Crippen LogP contribution in [0.4, 0.5) is 0 Å². The first-order valence-electron chi connectivity index (χ1n) is 21.7. The van der Waals surface area contributed by atoms with E-state index in [1.165, 1.54) is 0 Å². The minimum absolute atomic E-state index is 0.0199. The molecule has 1 aliphatic rings. The molecule has 0 saturated carbocycles. The Kier molecular flexibility index (Phi) is 20.3. The monoisotopic (exact) mass is 836 g/mol. The van der Waals surface area contributed by atoms with Gasteiger partial charge in [-0.2, -0.15) is 0 Å². The van der Waals surface area contributed by atoms with Crippen molar-refractivity contribution in [1.82, 2.24) is 25.8 Å². The molecule has 1 heterocycles. The van der Waals surface area contributed by atoms with Gasteiger partial charge < -0.3 is 29.7 Å². The predicted molar refractivity (Wildman–Crippen MR) is 234 cm³/mol. The molecule has 0 radical (unpaired) electrons. The smallest absolute Gasteiger partial charge is 0.329 e. The Morgan fingerprint density at radius 2 is 1.43 bits per heavy atom. The Morgan fingerprint density at radius 1 is 0.817 bits per heavy atom. The highest BCUT2D eigenvalue weighted by atomic mass is 16.5. The van der Waals surface area contributed by atoms with Crippen LogP contribution in [0.3, 0.4) is 0 Å². The summed E-state index contributed by atoms with van der Waals surface area (Å²) in [4.78, 5) is 72.9. The number of amides is 4. The lowest BCUT2D eigenvalue weighted by Gasteiger charge is -2.43. The van der Waals surface area contributed by atoms with Gasteiger partial charge in [0.15, 0.2) is 0 Å². The minimum atomic E-state index is -0.975. The van der Waals surface area contributed by atoms with Gasteiger partial charge in [0, 0.05) is 32.7 Å². The summed E-state index contributed by atoms with van der Waals surface area (Å²) in [6.45, 7) is 16.1. The van der Waals surface area contributed by atoms with Crippen molar-refractivity contribution in [1.29, 1.82) is 0 Å². The molecule has 1 aliphatic heterocycles. The molecule has 13 heteroatoms. The van der Waals surface area contributed by atoms with E-state index in [2.05, 4.69) is 29.8 Å². The summed E-state index contributed by atoms with van der Waals surface area (Å²) in [5.41, 5.74) is 1.71. The van der Waals surface area contributed by atoms with Gasteiger partial charge in [0.1, 0.15) is 12.6 Å². The number of ether oxygens (including phenoxy) is 3. The number of nitrogens with zero attached hydrogens (tertiary/aromatic N) is 2. The molecular formula is C47H73N5O8. The fourth-order valence-corrected chi connectivity index (χ4v) is 8.82. The van der Waals surface area contributed by atoms with E-state index in [1.54, 1.807) is 33.1 Å². The van der Waals surface area contributed by atoms with Crippen LogP contribution in [0.2, 0.25) is 0 Å². The second-order valence-electron chi connectivity index (χ2n) is 17.1.